The summed E-state index contributed by atoms with van der Waals surface area (Å²) in [6, 6.07) is 3.44. The summed E-state index contributed by atoms with van der Waals surface area (Å²) in [4.78, 5) is -0.0486. The lowest BCUT2D eigenvalue weighted by Crippen LogP contribution is -2.03. The minimum atomic E-state index is -4.13. The summed E-state index contributed by atoms with van der Waals surface area (Å²) < 4.78 is 31.2. The third kappa shape index (κ3) is 2.10. The number of halogens is 1. The van der Waals surface area contributed by atoms with Crippen molar-refractivity contribution in [3.63, 3.8) is 0 Å². The van der Waals surface area contributed by atoms with Gasteiger partial charge in [0.05, 0.1) is 0 Å². The summed E-state index contributed by atoms with van der Waals surface area (Å²) >= 11 is 3.13. The zero-order chi connectivity index (χ0) is 10.2. The molecule has 1 aromatic carbocycles. The predicted octanol–water partition coefficient (Wildman–Crippen LogP) is 2.31. The van der Waals surface area contributed by atoms with Crippen LogP contribution in [0.25, 0.3) is 0 Å². The largest absolute Gasteiger partial charge is 0.295 e. The highest BCUT2D eigenvalue weighted by Gasteiger charge is 2.18. The Balaban J connectivity index is 3.62. The molecular weight excluding hydrogens is 256 g/mol. The van der Waals surface area contributed by atoms with E-state index in [1.54, 1.807) is 26.0 Å². The van der Waals surface area contributed by atoms with Gasteiger partial charge in [-0.25, -0.2) is 0 Å². The molecule has 0 radical (unpaired) electrons. The lowest BCUT2D eigenvalue weighted by molar-refractivity contribution is 0.482. The second-order valence-corrected chi connectivity index (χ2v) is 4.97. The Morgan fingerprint density at radius 3 is 2.08 bits per heavy atom. The Labute approximate surface area is 85.7 Å². The first-order chi connectivity index (χ1) is 5.84. The van der Waals surface area contributed by atoms with Crippen molar-refractivity contribution in [1.29, 1.82) is 0 Å². The highest BCUT2D eigenvalue weighted by Crippen LogP contribution is 2.28. The third-order valence-corrected chi connectivity index (χ3v) is 4.07. The fourth-order valence-corrected chi connectivity index (χ4v) is 2.99. The van der Waals surface area contributed by atoms with Gasteiger partial charge >= 0.3 is 0 Å². The molecule has 0 aliphatic heterocycles. The molecule has 3 nitrogen and oxygen atoms in total. The van der Waals surface area contributed by atoms with Gasteiger partial charge in [0.1, 0.15) is 4.90 Å². The van der Waals surface area contributed by atoms with E-state index in [2.05, 4.69) is 15.9 Å². The van der Waals surface area contributed by atoms with Crippen molar-refractivity contribution in [3.05, 3.63) is 27.7 Å². The van der Waals surface area contributed by atoms with Crippen molar-refractivity contribution >= 4 is 26.0 Å². The average molecular weight is 265 g/mol. The van der Waals surface area contributed by atoms with Crippen molar-refractivity contribution in [1.82, 2.24) is 0 Å². The fourth-order valence-electron chi connectivity index (χ4n) is 1.07. The zero-order valence-electron chi connectivity index (χ0n) is 7.20. The van der Waals surface area contributed by atoms with Crippen LogP contribution in [-0.4, -0.2) is 13.0 Å². The molecule has 0 heterocycles. The number of aryl methyl sites for hydroxylation is 2. The number of benzene rings is 1. The summed E-state index contributed by atoms with van der Waals surface area (Å²) in [5.41, 5.74) is 1.30. The first kappa shape index (κ1) is 10.7. The Morgan fingerprint density at radius 2 is 1.69 bits per heavy atom. The van der Waals surface area contributed by atoms with Crippen molar-refractivity contribution in [2.75, 3.05) is 0 Å². The van der Waals surface area contributed by atoms with Gasteiger partial charge in [-0.3, -0.25) is 4.55 Å². The maximum absolute atomic E-state index is 11.0. The van der Waals surface area contributed by atoms with E-state index in [0.29, 0.717) is 10.0 Å². The van der Waals surface area contributed by atoms with Crippen LogP contribution in [0.1, 0.15) is 11.1 Å². The monoisotopic (exact) mass is 264 g/mol. The van der Waals surface area contributed by atoms with E-state index in [0.717, 1.165) is 5.56 Å². The lowest BCUT2D eigenvalue weighted by atomic mass is 10.2. The van der Waals surface area contributed by atoms with Crippen LogP contribution in [0.15, 0.2) is 21.5 Å². The topological polar surface area (TPSA) is 54.4 Å². The van der Waals surface area contributed by atoms with Gasteiger partial charge in [-0.15, -0.1) is 0 Å². The third-order valence-electron chi connectivity index (χ3n) is 1.75. The summed E-state index contributed by atoms with van der Waals surface area (Å²) in [5, 5.41) is 0. The molecular formula is C8H9BrO3S. The van der Waals surface area contributed by atoms with Crippen LogP contribution in [0.5, 0.6) is 0 Å². The van der Waals surface area contributed by atoms with Crippen LogP contribution in [0, 0.1) is 13.8 Å². The predicted molar refractivity (Wildman–Crippen MR) is 53.4 cm³/mol. The van der Waals surface area contributed by atoms with Crippen molar-refractivity contribution < 1.29 is 13.0 Å². The molecule has 1 N–H and O–H groups in total. The molecule has 0 atom stereocenters. The second-order valence-electron chi connectivity index (χ2n) is 2.82. The van der Waals surface area contributed by atoms with E-state index >= 15 is 0 Å². The molecule has 72 valence electrons. The Bertz CT molecular complexity index is 437. The minimum absolute atomic E-state index is 0.0486. The molecule has 0 aliphatic rings. The van der Waals surface area contributed by atoms with Crippen molar-refractivity contribution in [2.24, 2.45) is 0 Å². The number of hydrogen-bond donors (Lipinski definition) is 1. The van der Waals surface area contributed by atoms with E-state index in [4.69, 9.17) is 4.55 Å². The fraction of sp³-hybridized carbons (Fsp3) is 0.250. The molecule has 5 heteroatoms. The maximum atomic E-state index is 11.0. The van der Waals surface area contributed by atoms with Crippen LogP contribution in [0.2, 0.25) is 0 Å². The standard InChI is InChI=1S/C8H9BrO3S/c1-5-3-4-6(2)8(7(5)9)13(10,11)12/h3-4H,1-2H3,(H,10,11,12). The molecule has 0 spiro atoms. The van der Waals surface area contributed by atoms with Gasteiger partial charge in [0.2, 0.25) is 0 Å². The van der Waals surface area contributed by atoms with E-state index in [1.165, 1.54) is 0 Å². The average Bonchev–Trinajstić information content (AvgIpc) is 1.95. The molecule has 1 aromatic rings. The van der Waals surface area contributed by atoms with Crippen molar-refractivity contribution in [2.45, 2.75) is 18.7 Å². The number of rotatable bonds is 1. The van der Waals surface area contributed by atoms with E-state index in [9.17, 15) is 8.42 Å². The van der Waals surface area contributed by atoms with Crippen LogP contribution in [0.3, 0.4) is 0 Å². The molecule has 0 fully saturated rings. The Morgan fingerprint density at radius 1 is 1.23 bits per heavy atom. The highest BCUT2D eigenvalue weighted by molar-refractivity contribution is 9.10. The molecule has 0 saturated carbocycles. The van der Waals surface area contributed by atoms with Gasteiger partial charge in [-0.1, -0.05) is 12.1 Å². The molecule has 0 aromatic heterocycles. The van der Waals surface area contributed by atoms with Gasteiger partial charge in [-0.2, -0.15) is 8.42 Å². The quantitative estimate of drug-likeness (QED) is 0.793. The second kappa shape index (κ2) is 3.40. The van der Waals surface area contributed by atoms with Crippen LogP contribution >= 0.6 is 15.9 Å². The molecule has 1 rings (SSSR count). The normalized spacial score (nSPS) is 11.7. The molecule has 13 heavy (non-hydrogen) atoms. The molecule has 0 unspecified atom stereocenters. The highest BCUT2D eigenvalue weighted by atomic mass is 79.9. The summed E-state index contributed by atoms with van der Waals surface area (Å²) in [6.07, 6.45) is 0. The Hall–Kier alpha value is -0.390. The van der Waals surface area contributed by atoms with Crippen LogP contribution in [-0.2, 0) is 10.1 Å². The molecule has 0 amide bonds. The van der Waals surface area contributed by atoms with Gasteiger partial charge in [0.25, 0.3) is 10.1 Å². The van der Waals surface area contributed by atoms with E-state index in [1.807, 2.05) is 0 Å². The summed E-state index contributed by atoms with van der Waals surface area (Å²) in [7, 11) is -4.13. The van der Waals surface area contributed by atoms with Gasteiger partial charge in [0.15, 0.2) is 0 Å². The zero-order valence-corrected chi connectivity index (χ0v) is 9.61. The SMILES string of the molecule is Cc1ccc(C)c(S(=O)(=O)O)c1Br. The minimum Gasteiger partial charge on any atom is -0.282 e. The molecule has 0 bridgehead atoms. The van der Waals surface area contributed by atoms with Gasteiger partial charge in [0, 0.05) is 4.47 Å². The summed E-state index contributed by atoms with van der Waals surface area (Å²) in [6.45, 7) is 3.39. The van der Waals surface area contributed by atoms with Gasteiger partial charge < -0.3 is 0 Å². The maximum Gasteiger partial charge on any atom is 0.295 e. The first-order valence-electron chi connectivity index (χ1n) is 3.57. The first-order valence-corrected chi connectivity index (χ1v) is 5.80. The van der Waals surface area contributed by atoms with E-state index < -0.39 is 10.1 Å². The van der Waals surface area contributed by atoms with Crippen molar-refractivity contribution in [3.8, 4) is 0 Å². The number of hydrogen-bond acceptors (Lipinski definition) is 2. The van der Waals surface area contributed by atoms with Crippen LogP contribution < -0.4 is 0 Å². The van der Waals surface area contributed by atoms with E-state index in [-0.39, 0.29) is 4.90 Å². The molecule has 0 aliphatic carbocycles. The van der Waals surface area contributed by atoms with Gasteiger partial charge in [-0.05, 0) is 40.9 Å². The molecule has 0 saturated heterocycles. The van der Waals surface area contributed by atoms with Crippen LogP contribution in [0.4, 0.5) is 0 Å². The smallest absolute Gasteiger partial charge is 0.282 e. The Kier molecular flexibility index (Phi) is 2.79. The lowest BCUT2D eigenvalue weighted by Gasteiger charge is -2.07. The summed E-state index contributed by atoms with van der Waals surface area (Å²) in [5.74, 6) is 0.